The summed E-state index contributed by atoms with van der Waals surface area (Å²) < 4.78 is 23.4. The lowest BCUT2D eigenvalue weighted by Gasteiger charge is -2.32. The number of nitrogens with zero attached hydrogens (tertiary/aromatic N) is 1. The highest BCUT2D eigenvalue weighted by molar-refractivity contribution is 5.94. The molecule has 5 nitrogen and oxygen atoms in total. The van der Waals surface area contributed by atoms with Crippen molar-refractivity contribution in [3.8, 4) is 5.75 Å². The number of morpholine rings is 1. The van der Waals surface area contributed by atoms with Crippen molar-refractivity contribution < 1.29 is 23.8 Å². The molecule has 0 bridgehead atoms. The molecule has 1 saturated heterocycles. The summed E-state index contributed by atoms with van der Waals surface area (Å²) in [6, 6.07) is 4.00. The van der Waals surface area contributed by atoms with E-state index in [1.165, 1.54) is 25.3 Å². The summed E-state index contributed by atoms with van der Waals surface area (Å²) in [6.45, 7) is 1.04. The SMILES string of the molecule is COc1cc(C(=O)N2CCOC(CO)C2)ccc1F. The molecule has 0 aromatic heterocycles. The number of carbonyl (C=O) groups is 1. The second kappa shape index (κ2) is 5.99. The average Bonchev–Trinajstić information content (AvgIpc) is 2.47. The second-order valence-corrected chi connectivity index (χ2v) is 4.28. The van der Waals surface area contributed by atoms with E-state index in [4.69, 9.17) is 14.6 Å². The molecule has 1 aromatic carbocycles. The molecule has 0 radical (unpaired) electrons. The van der Waals surface area contributed by atoms with Gasteiger partial charge in [-0.15, -0.1) is 0 Å². The van der Waals surface area contributed by atoms with Crippen molar-refractivity contribution in [2.24, 2.45) is 0 Å². The van der Waals surface area contributed by atoms with Crippen molar-refractivity contribution in [3.63, 3.8) is 0 Å². The fourth-order valence-corrected chi connectivity index (χ4v) is 1.99. The smallest absolute Gasteiger partial charge is 0.254 e. The molecule has 1 fully saturated rings. The summed E-state index contributed by atoms with van der Waals surface area (Å²) in [5, 5.41) is 9.05. The van der Waals surface area contributed by atoms with Gasteiger partial charge in [-0.25, -0.2) is 4.39 Å². The highest BCUT2D eigenvalue weighted by Gasteiger charge is 2.25. The number of benzene rings is 1. The fraction of sp³-hybridized carbons (Fsp3) is 0.462. The number of hydrogen-bond acceptors (Lipinski definition) is 4. The third-order valence-electron chi connectivity index (χ3n) is 3.03. The van der Waals surface area contributed by atoms with Crippen LogP contribution >= 0.6 is 0 Å². The summed E-state index contributed by atoms with van der Waals surface area (Å²) in [7, 11) is 1.35. The zero-order valence-corrected chi connectivity index (χ0v) is 10.6. The first-order valence-corrected chi connectivity index (χ1v) is 6.01. The van der Waals surface area contributed by atoms with Crippen LogP contribution < -0.4 is 4.74 Å². The van der Waals surface area contributed by atoms with Crippen LogP contribution in [0.5, 0.6) is 5.75 Å². The molecule has 0 saturated carbocycles. The third-order valence-corrected chi connectivity index (χ3v) is 3.03. The number of rotatable bonds is 3. The summed E-state index contributed by atoms with van der Waals surface area (Å²) >= 11 is 0. The van der Waals surface area contributed by atoms with Crippen LogP contribution in [0, 0.1) is 5.82 Å². The molecule has 1 N–H and O–H groups in total. The summed E-state index contributed by atoms with van der Waals surface area (Å²) in [5.41, 5.74) is 0.358. The largest absolute Gasteiger partial charge is 0.494 e. The Hall–Kier alpha value is -1.66. The number of amides is 1. The van der Waals surface area contributed by atoms with Gasteiger partial charge < -0.3 is 19.5 Å². The van der Waals surface area contributed by atoms with Gasteiger partial charge in [0.25, 0.3) is 5.91 Å². The molecule has 1 heterocycles. The molecule has 104 valence electrons. The molecule has 1 amide bonds. The predicted octanol–water partition coefficient (Wildman–Crippen LogP) is 0.668. The van der Waals surface area contributed by atoms with Crippen LogP contribution in [0.2, 0.25) is 0 Å². The van der Waals surface area contributed by atoms with Crippen molar-refractivity contribution >= 4 is 5.91 Å². The molecule has 1 aliphatic heterocycles. The molecule has 0 aliphatic carbocycles. The van der Waals surface area contributed by atoms with Crippen LogP contribution in [0.3, 0.4) is 0 Å². The Balaban J connectivity index is 2.14. The van der Waals surface area contributed by atoms with Crippen LogP contribution in [0.15, 0.2) is 18.2 Å². The molecule has 1 unspecified atom stereocenters. The Kier molecular flexibility index (Phi) is 4.34. The number of hydrogen-bond donors (Lipinski definition) is 1. The van der Waals surface area contributed by atoms with Gasteiger partial charge in [0.1, 0.15) is 0 Å². The molecule has 0 spiro atoms. The molecule has 19 heavy (non-hydrogen) atoms. The van der Waals surface area contributed by atoms with Crippen LogP contribution in [-0.2, 0) is 4.74 Å². The minimum Gasteiger partial charge on any atom is -0.494 e. The van der Waals surface area contributed by atoms with Gasteiger partial charge in [0, 0.05) is 18.7 Å². The van der Waals surface area contributed by atoms with E-state index in [2.05, 4.69) is 0 Å². The van der Waals surface area contributed by atoms with E-state index in [0.29, 0.717) is 25.3 Å². The van der Waals surface area contributed by atoms with Crippen molar-refractivity contribution in [3.05, 3.63) is 29.6 Å². The maximum atomic E-state index is 13.3. The highest BCUT2D eigenvalue weighted by Crippen LogP contribution is 2.20. The molecule has 1 aromatic rings. The zero-order valence-electron chi connectivity index (χ0n) is 10.6. The quantitative estimate of drug-likeness (QED) is 0.876. The van der Waals surface area contributed by atoms with Gasteiger partial charge in [-0.2, -0.15) is 0 Å². The number of aliphatic hydroxyl groups is 1. The first-order chi connectivity index (χ1) is 9.15. The van der Waals surface area contributed by atoms with Gasteiger partial charge in [-0.05, 0) is 18.2 Å². The number of ether oxygens (including phenoxy) is 2. The lowest BCUT2D eigenvalue weighted by Crippen LogP contribution is -2.46. The zero-order chi connectivity index (χ0) is 13.8. The van der Waals surface area contributed by atoms with Gasteiger partial charge in [0.15, 0.2) is 11.6 Å². The minimum absolute atomic E-state index is 0.0396. The summed E-state index contributed by atoms with van der Waals surface area (Å²) in [5.74, 6) is -0.688. The highest BCUT2D eigenvalue weighted by atomic mass is 19.1. The normalized spacial score (nSPS) is 19.3. The number of aliphatic hydroxyl groups excluding tert-OH is 1. The van der Waals surface area contributed by atoms with E-state index in [-0.39, 0.29) is 24.4 Å². The van der Waals surface area contributed by atoms with Crippen LogP contribution in [0.4, 0.5) is 4.39 Å². The van der Waals surface area contributed by atoms with E-state index >= 15 is 0 Å². The lowest BCUT2D eigenvalue weighted by atomic mass is 10.1. The Morgan fingerprint density at radius 3 is 3.11 bits per heavy atom. The monoisotopic (exact) mass is 269 g/mol. The molecule has 1 aliphatic rings. The predicted molar refractivity (Wildman–Crippen MR) is 65.7 cm³/mol. The summed E-state index contributed by atoms with van der Waals surface area (Å²) in [4.78, 5) is 13.8. The number of methoxy groups -OCH3 is 1. The number of carbonyl (C=O) groups excluding carboxylic acids is 1. The van der Waals surface area contributed by atoms with Crippen molar-refractivity contribution in [2.45, 2.75) is 6.10 Å². The summed E-state index contributed by atoms with van der Waals surface area (Å²) in [6.07, 6.45) is -0.361. The van der Waals surface area contributed by atoms with Gasteiger partial charge in [0.05, 0.1) is 26.4 Å². The third kappa shape index (κ3) is 3.02. The first kappa shape index (κ1) is 13.8. The van der Waals surface area contributed by atoms with Crippen LogP contribution in [0.25, 0.3) is 0 Å². The van der Waals surface area contributed by atoms with E-state index in [0.717, 1.165) is 0 Å². The van der Waals surface area contributed by atoms with Gasteiger partial charge in [0.2, 0.25) is 0 Å². The second-order valence-electron chi connectivity index (χ2n) is 4.28. The molecule has 6 heteroatoms. The van der Waals surface area contributed by atoms with Crippen LogP contribution in [-0.4, -0.2) is 55.4 Å². The number of halogens is 1. The topological polar surface area (TPSA) is 59.0 Å². The van der Waals surface area contributed by atoms with Crippen molar-refractivity contribution in [1.29, 1.82) is 0 Å². The Labute approximate surface area is 110 Å². The van der Waals surface area contributed by atoms with Gasteiger partial charge in [-0.3, -0.25) is 4.79 Å². The van der Waals surface area contributed by atoms with Crippen molar-refractivity contribution in [2.75, 3.05) is 33.4 Å². The first-order valence-electron chi connectivity index (χ1n) is 6.01. The molecule has 2 rings (SSSR count). The lowest BCUT2D eigenvalue weighted by molar-refractivity contribution is -0.0447. The van der Waals surface area contributed by atoms with Crippen LogP contribution in [0.1, 0.15) is 10.4 Å². The van der Waals surface area contributed by atoms with E-state index in [1.54, 1.807) is 4.90 Å². The van der Waals surface area contributed by atoms with E-state index < -0.39 is 5.82 Å². The molecular weight excluding hydrogens is 253 g/mol. The van der Waals surface area contributed by atoms with E-state index in [9.17, 15) is 9.18 Å². The van der Waals surface area contributed by atoms with Crippen molar-refractivity contribution in [1.82, 2.24) is 4.90 Å². The Morgan fingerprint density at radius 1 is 1.63 bits per heavy atom. The average molecular weight is 269 g/mol. The van der Waals surface area contributed by atoms with Gasteiger partial charge >= 0.3 is 0 Å². The maximum Gasteiger partial charge on any atom is 0.254 e. The van der Waals surface area contributed by atoms with Gasteiger partial charge in [-0.1, -0.05) is 0 Å². The minimum atomic E-state index is -0.505. The van der Waals surface area contributed by atoms with E-state index in [1.807, 2.05) is 0 Å². The maximum absolute atomic E-state index is 13.3. The standard InChI is InChI=1S/C13H16FNO4/c1-18-12-6-9(2-3-11(12)14)13(17)15-4-5-19-10(7-15)8-16/h2-3,6,10,16H,4-5,7-8H2,1H3. The fourth-order valence-electron chi connectivity index (χ4n) is 1.99. The Bertz CT molecular complexity index is 466. The molecule has 1 atom stereocenters. The Morgan fingerprint density at radius 2 is 2.42 bits per heavy atom. The molecular formula is C13H16FNO4.